The van der Waals surface area contributed by atoms with Gasteiger partial charge in [0.1, 0.15) is 11.7 Å². The van der Waals surface area contributed by atoms with Crippen molar-refractivity contribution < 1.29 is 9.59 Å². The molecule has 1 saturated heterocycles. The first-order valence-corrected chi connectivity index (χ1v) is 6.71. The van der Waals surface area contributed by atoms with Crippen molar-refractivity contribution in [2.45, 2.75) is 39.8 Å². The molecule has 2 rings (SSSR count). The molecule has 1 N–H and O–H groups in total. The summed E-state index contributed by atoms with van der Waals surface area (Å²) in [5.74, 6) is -0.145. The lowest BCUT2D eigenvalue weighted by atomic mass is 9.86. The Kier molecular flexibility index (Phi) is 3.78. The first-order valence-electron chi connectivity index (χ1n) is 6.71. The van der Waals surface area contributed by atoms with Gasteiger partial charge in [-0.15, -0.1) is 5.10 Å². The van der Waals surface area contributed by atoms with Crippen molar-refractivity contribution in [3.8, 4) is 0 Å². The maximum atomic E-state index is 12.6. The molecule has 7 nitrogen and oxygen atoms in total. The molecule has 1 aromatic rings. The fourth-order valence-electron chi connectivity index (χ4n) is 2.23. The van der Waals surface area contributed by atoms with Crippen molar-refractivity contribution in [2.24, 2.45) is 12.5 Å². The zero-order valence-electron chi connectivity index (χ0n) is 12.4. The second-order valence-corrected chi connectivity index (χ2v) is 6.26. The normalized spacial score (nSPS) is 20.8. The minimum Gasteiger partial charge on any atom is -0.344 e. The van der Waals surface area contributed by atoms with Gasteiger partial charge in [0.2, 0.25) is 11.8 Å². The van der Waals surface area contributed by atoms with Gasteiger partial charge in [0.05, 0.1) is 6.54 Å². The molecule has 110 valence electrons. The second-order valence-electron chi connectivity index (χ2n) is 6.26. The molecule has 1 aromatic heterocycles. The summed E-state index contributed by atoms with van der Waals surface area (Å²) in [4.78, 5) is 26.0. The summed E-state index contributed by atoms with van der Waals surface area (Å²) in [6.45, 7) is 6.63. The maximum absolute atomic E-state index is 12.6. The van der Waals surface area contributed by atoms with Crippen LogP contribution < -0.4 is 5.32 Å². The average Bonchev–Trinajstić information content (AvgIpc) is 2.68. The Hall–Kier alpha value is -1.92. The van der Waals surface area contributed by atoms with Gasteiger partial charge in [0, 0.05) is 26.2 Å². The predicted octanol–water partition coefficient (Wildman–Crippen LogP) is 0.0783. The number of carbonyl (C=O) groups is 2. The van der Waals surface area contributed by atoms with E-state index in [2.05, 4.69) is 15.6 Å². The predicted molar refractivity (Wildman–Crippen MR) is 72.4 cm³/mol. The van der Waals surface area contributed by atoms with E-state index in [0.29, 0.717) is 19.5 Å². The van der Waals surface area contributed by atoms with E-state index in [1.807, 2.05) is 20.8 Å². The van der Waals surface area contributed by atoms with Crippen LogP contribution in [0.5, 0.6) is 0 Å². The minimum absolute atomic E-state index is 0.0611. The summed E-state index contributed by atoms with van der Waals surface area (Å²) in [7, 11) is 1.78. The highest BCUT2D eigenvalue weighted by Crippen LogP contribution is 2.23. The Morgan fingerprint density at radius 1 is 1.40 bits per heavy atom. The van der Waals surface area contributed by atoms with Crippen molar-refractivity contribution in [3.63, 3.8) is 0 Å². The van der Waals surface area contributed by atoms with Crippen LogP contribution >= 0.6 is 0 Å². The quantitative estimate of drug-likeness (QED) is 0.831. The van der Waals surface area contributed by atoms with Gasteiger partial charge >= 0.3 is 0 Å². The fraction of sp³-hybridized carbons (Fsp3) is 0.692. The zero-order chi connectivity index (χ0) is 14.9. The second kappa shape index (κ2) is 5.22. The molecular formula is C13H21N5O2. The first-order chi connectivity index (χ1) is 9.27. The standard InChI is InChI=1S/C13H21N5O2/c1-13(2,3)11-12(20)18(6-5-10(19)14-11)8-9-7-17(4)16-15-9/h7,11H,5-6,8H2,1-4H3,(H,14,19). The number of aryl methyl sites for hydroxylation is 1. The number of nitrogens with one attached hydrogen (secondary N) is 1. The highest BCUT2D eigenvalue weighted by Gasteiger charge is 2.37. The van der Waals surface area contributed by atoms with Crippen molar-refractivity contribution in [1.29, 1.82) is 0 Å². The van der Waals surface area contributed by atoms with Gasteiger partial charge in [-0.1, -0.05) is 26.0 Å². The van der Waals surface area contributed by atoms with Crippen LogP contribution in [0.1, 0.15) is 32.9 Å². The van der Waals surface area contributed by atoms with E-state index in [1.54, 1.807) is 22.8 Å². The molecule has 0 spiro atoms. The van der Waals surface area contributed by atoms with Crippen LogP contribution in [0.3, 0.4) is 0 Å². The van der Waals surface area contributed by atoms with Crippen molar-refractivity contribution in [3.05, 3.63) is 11.9 Å². The molecule has 1 aliphatic rings. The number of hydrogen-bond acceptors (Lipinski definition) is 4. The number of hydrogen-bond donors (Lipinski definition) is 1. The Balaban J connectivity index is 2.19. The third-order valence-corrected chi connectivity index (χ3v) is 3.34. The summed E-state index contributed by atoms with van der Waals surface area (Å²) in [6, 6.07) is -0.505. The molecule has 20 heavy (non-hydrogen) atoms. The Labute approximate surface area is 118 Å². The summed E-state index contributed by atoms with van der Waals surface area (Å²) in [5, 5.41) is 10.7. The average molecular weight is 279 g/mol. The van der Waals surface area contributed by atoms with Crippen LogP contribution in [0.15, 0.2) is 6.20 Å². The van der Waals surface area contributed by atoms with Gasteiger partial charge in [0.25, 0.3) is 0 Å². The summed E-state index contributed by atoms with van der Waals surface area (Å²) in [5.41, 5.74) is 0.403. The van der Waals surface area contributed by atoms with Gasteiger partial charge in [-0.3, -0.25) is 14.3 Å². The smallest absolute Gasteiger partial charge is 0.246 e. The van der Waals surface area contributed by atoms with Gasteiger partial charge < -0.3 is 10.2 Å². The fourth-order valence-corrected chi connectivity index (χ4v) is 2.23. The van der Waals surface area contributed by atoms with Crippen LogP contribution in [-0.4, -0.2) is 44.3 Å². The van der Waals surface area contributed by atoms with Crippen molar-refractivity contribution in [2.75, 3.05) is 6.54 Å². The lowest BCUT2D eigenvalue weighted by molar-refractivity contribution is -0.137. The molecule has 0 bridgehead atoms. The minimum atomic E-state index is -0.505. The lowest BCUT2D eigenvalue weighted by Crippen LogP contribution is -2.51. The SMILES string of the molecule is Cn1cc(CN2CCC(=O)NC(C(C)(C)C)C2=O)nn1. The molecule has 0 aromatic carbocycles. The number of carbonyl (C=O) groups excluding carboxylic acids is 2. The third-order valence-electron chi connectivity index (χ3n) is 3.34. The van der Waals surface area contributed by atoms with E-state index in [4.69, 9.17) is 0 Å². The van der Waals surface area contributed by atoms with Crippen LogP contribution in [0.4, 0.5) is 0 Å². The monoisotopic (exact) mass is 279 g/mol. The van der Waals surface area contributed by atoms with E-state index in [0.717, 1.165) is 5.69 Å². The van der Waals surface area contributed by atoms with Crippen LogP contribution in [-0.2, 0) is 23.2 Å². The number of nitrogens with zero attached hydrogens (tertiary/aromatic N) is 4. The van der Waals surface area contributed by atoms with Gasteiger partial charge in [-0.2, -0.15) is 0 Å². The number of aromatic nitrogens is 3. The molecule has 0 aliphatic carbocycles. The number of amides is 2. The van der Waals surface area contributed by atoms with Crippen LogP contribution in [0, 0.1) is 5.41 Å². The molecule has 1 aliphatic heterocycles. The van der Waals surface area contributed by atoms with E-state index in [-0.39, 0.29) is 17.2 Å². The van der Waals surface area contributed by atoms with E-state index in [9.17, 15) is 9.59 Å². The molecule has 2 heterocycles. The van der Waals surface area contributed by atoms with Crippen LogP contribution in [0.2, 0.25) is 0 Å². The Bertz CT molecular complexity index is 517. The van der Waals surface area contributed by atoms with Crippen molar-refractivity contribution in [1.82, 2.24) is 25.2 Å². The summed E-state index contributed by atoms with van der Waals surface area (Å²) >= 11 is 0. The topological polar surface area (TPSA) is 80.1 Å². The van der Waals surface area contributed by atoms with Gasteiger partial charge in [-0.25, -0.2) is 0 Å². The first kappa shape index (κ1) is 14.5. The third kappa shape index (κ3) is 3.15. The summed E-state index contributed by atoms with van der Waals surface area (Å²) in [6.07, 6.45) is 2.10. The maximum Gasteiger partial charge on any atom is 0.246 e. The Morgan fingerprint density at radius 2 is 2.10 bits per heavy atom. The molecule has 2 amide bonds. The lowest BCUT2D eigenvalue weighted by Gasteiger charge is -2.32. The molecule has 0 saturated carbocycles. The highest BCUT2D eigenvalue weighted by atomic mass is 16.2. The van der Waals surface area contributed by atoms with Gasteiger partial charge in [-0.05, 0) is 5.41 Å². The Morgan fingerprint density at radius 3 is 2.65 bits per heavy atom. The summed E-state index contributed by atoms with van der Waals surface area (Å²) < 4.78 is 1.60. The molecule has 7 heteroatoms. The number of rotatable bonds is 2. The molecule has 1 fully saturated rings. The largest absolute Gasteiger partial charge is 0.344 e. The van der Waals surface area contributed by atoms with Gasteiger partial charge in [0.15, 0.2) is 0 Å². The molecule has 1 unspecified atom stereocenters. The zero-order valence-corrected chi connectivity index (χ0v) is 12.4. The highest BCUT2D eigenvalue weighted by molar-refractivity contribution is 5.90. The van der Waals surface area contributed by atoms with Crippen molar-refractivity contribution >= 4 is 11.8 Å². The molecular weight excluding hydrogens is 258 g/mol. The van der Waals surface area contributed by atoms with E-state index < -0.39 is 6.04 Å². The molecule has 1 atom stereocenters. The van der Waals surface area contributed by atoms with E-state index in [1.165, 1.54) is 0 Å². The van der Waals surface area contributed by atoms with E-state index >= 15 is 0 Å². The molecule has 0 radical (unpaired) electrons. The van der Waals surface area contributed by atoms with Crippen LogP contribution in [0.25, 0.3) is 0 Å².